The Morgan fingerprint density at radius 2 is 1.71 bits per heavy atom. The molecular weight excluding hydrogens is 261 g/mol. The summed E-state index contributed by atoms with van der Waals surface area (Å²) < 4.78 is 13.4. The lowest BCUT2D eigenvalue weighted by Gasteiger charge is -2.19. The van der Waals surface area contributed by atoms with E-state index in [1.54, 1.807) is 12.1 Å². The van der Waals surface area contributed by atoms with Crippen molar-refractivity contribution < 1.29 is 4.39 Å². The molecule has 0 aromatic heterocycles. The molecule has 0 saturated carbocycles. The van der Waals surface area contributed by atoms with Crippen molar-refractivity contribution in [1.29, 1.82) is 0 Å². The molecule has 1 atom stereocenters. The molecule has 0 amide bonds. The van der Waals surface area contributed by atoms with Gasteiger partial charge in [-0.2, -0.15) is 0 Å². The highest BCUT2D eigenvalue weighted by Crippen LogP contribution is 2.28. The van der Waals surface area contributed by atoms with Crippen molar-refractivity contribution in [3.8, 4) is 0 Å². The Morgan fingerprint density at radius 1 is 0.952 bits per heavy atom. The smallest absolute Gasteiger partial charge is 0.125 e. The first-order valence-electron chi connectivity index (χ1n) is 7.15. The summed E-state index contributed by atoms with van der Waals surface area (Å²) in [6.07, 6.45) is 0. The van der Waals surface area contributed by atoms with Crippen molar-refractivity contribution >= 4 is 16.5 Å². The van der Waals surface area contributed by atoms with E-state index in [1.807, 2.05) is 19.1 Å². The molecule has 0 radical (unpaired) electrons. The number of hydrogen-bond acceptors (Lipinski definition) is 1. The number of halogens is 1. The van der Waals surface area contributed by atoms with Gasteiger partial charge in [0.2, 0.25) is 0 Å². The molecule has 2 heteroatoms. The number of hydrogen-bond donors (Lipinski definition) is 1. The molecule has 0 saturated heterocycles. The van der Waals surface area contributed by atoms with Crippen LogP contribution in [0.3, 0.4) is 0 Å². The zero-order chi connectivity index (χ0) is 14.8. The van der Waals surface area contributed by atoms with Gasteiger partial charge in [0.05, 0.1) is 0 Å². The third kappa shape index (κ3) is 2.75. The summed E-state index contributed by atoms with van der Waals surface area (Å²) in [7, 11) is 0. The van der Waals surface area contributed by atoms with Crippen LogP contribution in [0, 0.1) is 12.7 Å². The lowest BCUT2D eigenvalue weighted by Crippen LogP contribution is -2.08. The van der Waals surface area contributed by atoms with Crippen LogP contribution in [0.5, 0.6) is 0 Å². The van der Waals surface area contributed by atoms with Crippen molar-refractivity contribution in [2.24, 2.45) is 0 Å². The van der Waals surface area contributed by atoms with Crippen LogP contribution in [0.15, 0.2) is 60.7 Å². The molecule has 106 valence electrons. The Hall–Kier alpha value is -2.35. The highest BCUT2D eigenvalue weighted by Gasteiger charge is 2.10. The predicted molar refractivity (Wildman–Crippen MR) is 87.1 cm³/mol. The average Bonchev–Trinajstić information content (AvgIpc) is 2.50. The second kappa shape index (κ2) is 5.57. The summed E-state index contributed by atoms with van der Waals surface area (Å²) in [5, 5.41) is 5.87. The van der Waals surface area contributed by atoms with Gasteiger partial charge in [0, 0.05) is 11.7 Å². The van der Waals surface area contributed by atoms with Crippen molar-refractivity contribution in [3.63, 3.8) is 0 Å². The molecule has 21 heavy (non-hydrogen) atoms. The molecule has 1 nitrogen and oxygen atoms in total. The molecule has 0 aliphatic heterocycles. The van der Waals surface area contributed by atoms with Crippen molar-refractivity contribution in [2.45, 2.75) is 19.9 Å². The number of fused-ring (bicyclic) bond motifs is 1. The Bertz CT molecular complexity index is 774. The van der Waals surface area contributed by atoms with Gasteiger partial charge in [-0.25, -0.2) is 4.39 Å². The summed E-state index contributed by atoms with van der Waals surface area (Å²) in [4.78, 5) is 0. The van der Waals surface area contributed by atoms with Gasteiger partial charge in [0.1, 0.15) is 5.82 Å². The van der Waals surface area contributed by atoms with Crippen molar-refractivity contribution in [1.82, 2.24) is 0 Å². The summed E-state index contributed by atoms with van der Waals surface area (Å²) in [6.45, 7) is 4.09. The van der Waals surface area contributed by atoms with E-state index < -0.39 is 0 Å². The largest absolute Gasteiger partial charge is 0.378 e. The van der Waals surface area contributed by atoms with Crippen molar-refractivity contribution in [2.75, 3.05) is 5.32 Å². The monoisotopic (exact) mass is 279 g/mol. The zero-order valence-electron chi connectivity index (χ0n) is 12.2. The van der Waals surface area contributed by atoms with E-state index in [4.69, 9.17) is 0 Å². The van der Waals surface area contributed by atoms with Crippen LogP contribution in [0.2, 0.25) is 0 Å². The van der Waals surface area contributed by atoms with E-state index in [0.717, 1.165) is 11.3 Å². The minimum atomic E-state index is -0.215. The summed E-state index contributed by atoms with van der Waals surface area (Å²) >= 11 is 0. The maximum absolute atomic E-state index is 13.4. The zero-order valence-corrected chi connectivity index (χ0v) is 12.2. The Kier molecular flexibility index (Phi) is 3.61. The topological polar surface area (TPSA) is 12.0 Å². The van der Waals surface area contributed by atoms with Gasteiger partial charge in [-0.15, -0.1) is 0 Å². The second-order valence-electron chi connectivity index (χ2n) is 5.39. The SMILES string of the molecule is Cc1ccc(F)cc1NC(C)c1cccc2ccccc12. The normalized spacial score (nSPS) is 12.3. The van der Waals surface area contributed by atoms with Gasteiger partial charge in [0.25, 0.3) is 0 Å². The standard InChI is InChI=1S/C19H18FN/c1-13-10-11-16(20)12-19(13)21-14(2)17-9-5-7-15-6-3-4-8-18(15)17/h3-12,14,21H,1-2H3. The van der Waals surface area contributed by atoms with Gasteiger partial charge < -0.3 is 5.32 Å². The predicted octanol–water partition coefficient (Wildman–Crippen LogP) is 5.46. The van der Waals surface area contributed by atoms with Crippen LogP contribution in [0.25, 0.3) is 10.8 Å². The molecule has 0 spiro atoms. The van der Waals surface area contributed by atoms with Crippen LogP contribution in [-0.4, -0.2) is 0 Å². The van der Waals surface area contributed by atoms with Gasteiger partial charge in [-0.05, 0) is 47.9 Å². The van der Waals surface area contributed by atoms with E-state index in [9.17, 15) is 4.39 Å². The highest BCUT2D eigenvalue weighted by atomic mass is 19.1. The molecule has 1 N–H and O–H groups in total. The van der Waals surface area contributed by atoms with E-state index in [-0.39, 0.29) is 11.9 Å². The number of nitrogens with one attached hydrogen (secondary N) is 1. The molecular formula is C19H18FN. The van der Waals surface area contributed by atoms with E-state index in [0.29, 0.717) is 0 Å². The first-order chi connectivity index (χ1) is 10.1. The summed E-state index contributed by atoms with van der Waals surface area (Å²) in [5.41, 5.74) is 3.11. The molecule has 3 aromatic carbocycles. The van der Waals surface area contributed by atoms with Gasteiger partial charge in [0.15, 0.2) is 0 Å². The second-order valence-corrected chi connectivity index (χ2v) is 5.39. The van der Waals surface area contributed by atoms with Crippen LogP contribution >= 0.6 is 0 Å². The molecule has 0 heterocycles. The van der Waals surface area contributed by atoms with Crippen LogP contribution in [-0.2, 0) is 0 Å². The maximum atomic E-state index is 13.4. The van der Waals surface area contributed by atoms with E-state index in [1.165, 1.54) is 22.4 Å². The molecule has 0 aliphatic rings. The minimum absolute atomic E-state index is 0.108. The fourth-order valence-corrected chi connectivity index (χ4v) is 2.69. The van der Waals surface area contributed by atoms with E-state index in [2.05, 4.69) is 42.6 Å². The number of benzene rings is 3. The molecule has 3 rings (SSSR count). The lowest BCUT2D eigenvalue weighted by atomic mass is 9.99. The van der Waals surface area contributed by atoms with Crippen LogP contribution < -0.4 is 5.32 Å². The van der Waals surface area contributed by atoms with E-state index >= 15 is 0 Å². The first-order valence-corrected chi connectivity index (χ1v) is 7.15. The third-order valence-corrected chi connectivity index (χ3v) is 3.86. The quantitative estimate of drug-likeness (QED) is 0.671. The van der Waals surface area contributed by atoms with Gasteiger partial charge >= 0.3 is 0 Å². The molecule has 0 aliphatic carbocycles. The van der Waals surface area contributed by atoms with Crippen LogP contribution in [0.1, 0.15) is 24.1 Å². The van der Waals surface area contributed by atoms with Crippen LogP contribution in [0.4, 0.5) is 10.1 Å². The van der Waals surface area contributed by atoms with Gasteiger partial charge in [-0.1, -0.05) is 48.5 Å². The fraction of sp³-hybridized carbons (Fsp3) is 0.158. The molecule has 0 fully saturated rings. The van der Waals surface area contributed by atoms with Crippen molar-refractivity contribution in [3.05, 3.63) is 77.6 Å². The number of aryl methyl sites for hydroxylation is 1. The maximum Gasteiger partial charge on any atom is 0.125 e. The Morgan fingerprint density at radius 3 is 2.57 bits per heavy atom. The molecule has 0 bridgehead atoms. The molecule has 1 unspecified atom stereocenters. The Balaban J connectivity index is 1.97. The summed E-state index contributed by atoms with van der Waals surface area (Å²) in [6, 6.07) is 19.6. The highest BCUT2D eigenvalue weighted by molar-refractivity contribution is 5.86. The lowest BCUT2D eigenvalue weighted by molar-refractivity contribution is 0.627. The third-order valence-electron chi connectivity index (χ3n) is 3.86. The summed E-state index contributed by atoms with van der Waals surface area (Å²) in [5.74, 6) is -0.215. The first kappa shape index (κ1) is 13.6. The minimum Gasteiger partial charge on any atom is -0.378 e. The fourth-order valence-electron chi connectivity index (χ4n) is 2.69. The number of rotatable bonds is 3. The Labute approximate surface area is 124 Å². The number of anilines is 1. The molecule has 3 aromatic rings. The van der Waals surface area contributed by atoms with Gasteiger partial charge in [-0.3, -0.25) is 0 Å². The average molecular weight is 279 g/mol.